The molecular weight excluding hydrogens is 992 g/mol. The van der Waals surface area contributed by atoms with E-state index in [4.69, 9.17) is 32.7 Å². The molecule has 0 saturated heterocycles. The summed E-state index contributed by atoms with van der Waals surface area (Å²) in [5.41, 5.74) is 4.73. The van der Waals surface area contributed by atoms with Crippen molar-refractivity contribution < 1.29 is 39.5 Å². The number of aliphatic hydroxyl groups is 2. The molecule has 0 unspecified atom stereocenters. The zero-order chi connectivity index (χ0) is 55.3. The summed E-state index contributed by atoms with van der Waals surface area (Å²) in [5.74, 6) is 10.1. The van der Waals surface area contributed by atoms with Gasteiger partial charge >= 0.3 is 11.9 Å². The highest BCUT2D eigenvalue weighted by atomic mass is 35.5. The van der Waals surface area contributed by atoms with Gasteiger partial charge < -0.3 is 29.9 Å². The molecule has 4 N–H and O–H groups in total. The summed E-state index contributed by atoms with van der Waals surface area (Å²) in [7, 11) is 0. The SMILES string of the molecule is Cc1cc2ccc(C#C[C@@](C)(O)c3ccccc3)cc2c(-c2ccc(Cl)cc2)c1[C@H](OC(C)(C)C)C(=O)O.Cc1cc2ccc(C#C[C@](C)(O)c3ccccc3)cc2c(-c2ccc(Cl)cc2)c1[C@H](OC(C)(C)C)C(=O)O. The van der Waals surface area contributed by atoms with E-state index in [1.54, 1.807) is 38.1 Å². The number of ether oxygens (including phenoxy) is 2. The first-order chi connectivity index (χ1) is 35.7. The summed E-state index contributed by atoms with van der Waals surface area (Å²) in [5, 5.41) is 47.2. The molecular formula is C66H62Cl2O8. The molecule has 0 aliphatic rings. The van der Waals surface area contributed by atoms with Crippen LogP contribution >= 0.6 is 23.2 Å². The highest BCUT2D eigenvalue weighted by molar-refractivity contribution is 6.31. The van der Waals surface area contributed by atoms with E-state index in [1.165, 1.54) is 0 Å². The quantitative estimate of drug-likeness (QED) is 0.0996. The standard InChI is InChI=1S/2C33H31ClO4/c2*1-21-19-24-12-11-22(17-18-33(5,37)25-9-7-6-8-10-25)20-27(24)29(23-13-15-26(34)16-14-23)28(21)30(31(35)36)38-32(2,3)4/h2*6-16,19-20,30,37H,1-5H3,(H,35,36)/t30-,33+;30-,33-/m00/s1. The second-order valence-electron chi connectivity index (χ2n) is 21.1. The van der Waals surface area contributed by atoms with Gasteiger partial charge in [0.25, 0.3) is 0 Å². The summed E-state index contributed by atoms with van der Waals surface area (Å²) < 4.78 is 12.2. The smallest absolute Gasteiger partial charge is 0.337 e. The molecule has 0 aliphatic heterocycles. The van der Waals surface area contributed by atoms with Gasteiger partial charge in [0.15, 0.2) is 12.2 Å². The molecule has 0 aliphatic carbocycles. The van der Waals surface area contributed by atoms with Crippen LogP contribution in [0.1, 0.15) is 112 Å². The molecule has 0 spiro atoms. The summed E-state index contributed by atoms with van der Waals surface area (Å²) in [4.78, 5) is 25.0. The average Bonchev–Trinajstić information content (AvgIpc) is 3.37. The van der Waals surface area contributed by atoms with Gasteiger partial charge in [-0.25, -0.2) is 9.59 Å². The molecule has 10 heteroatoms. The Balaban J connectivity index is 0.000000221. The van der Waals surface area contributed by atoms with Gasteiger partial charge in [-0.05, 0) is 184 Å². The number of benzene rings is 8. The Labute approximate surface area is 455 Å². The van der Waals surface area contributed by atoms with Crippen LogP contribution < -0.4 is 0 Å². The predicted molar refractivity (Wildman–Crippen MR) is 306 cm³/mol. The van der Waals surface area contributed by atoms with Gasteiger partial charge in [0, 0.05) is 32.3 Å². The molecule has 0 amide bonds. The number of hydrogen-bond acceptors (Lipinski definition) is 6. The number of rotatable bonds is 10. The highest BCUT2D eigenvalue weighted by Crippen LogP contribution is 2.43. The van der Waals surface area contributed by atoms with E-state index in [0.717, 1.165) is 54.9 Å². The maximum atomic E-state index is 12.5. The number of aliphatic carboxylic acids is 2. The number of carbonyl (C=O) groups is 2. The normalized spacial score (nSPS) is 13.9. The zero-order valence-electron chi connectivity index (χ0n) is 44.3. The van der Waals surface area contributed by atoms with Crippen molar-refractivity contribution in [2.24, 2.45) is 0 Å². The molecule has 0 heterocycles. The summed E-state index contributed by atoms with van der Waals surface area (Å²) >= 11 is 12.4. The van der Waals surface area contributed by atoms with Gasteiger partial charge in [-0.1, -0.05) is 156 Å². The Morgan fingerprint density at radius 3 is 1.11 bits per heavy atom. The van der Waals surface area contributed by atoms with Crippen molar-refractivity contribution in [3.8, 4) is 45.9 Å². The summed E-state index contributed by atoms with van der Waals surface area (Å²) in [6.07, 6.45) is -2.36. The van der Waals surface area contributed by atoms with Crippen molar-refractivity contribution >= 4 is 56.7 Å². The molecule has 0 radical (unpaired) electrons. The second-order valence-corrected chi connectivity index (χ2v) is 22.0. The van der Waals surface area contributed by atoms with E-state index < -0.39 is 46.6 Å². The molecule has 388 valence electrons. The molecule has 8 aromatic rings. The van der Waals surface area contributed by atoms with Crippen molar-refractivity contribution in [3.63, 3.8) is 0 Å². The van der Waals surface area contributed by atoms with Crippen molar-refractivity contribution in [1.29, 1.82) is 0 Å². The van der Waals surface area contributed by atoms with E-state index in [0.29, 0.717) is 43.4 Å². The van der Waals surface area contributed by atoms with Crippen LogP contribution in [-0.4, -0.2) is 43.6 Å². The molecule has 8 rings (SSSR count). The van der Waals surface area contributed by atoms with Crippen LogP contribution in [0.3, 0.4) is 0 Å². The molecule has 0 saturated carbocycles. The third-order valence-electron chi connectivity index (χ3n) is 12.5. The lowest BCUT2D eigenvalue weighted by atomic mass is 9.86. The number of fused-ring (bicyclic) bond motifs is 2. The van der Waals surface area contributed by atoms with E-state index in [-0.39, 0.29) is 0 Å². The van der Waals surface area contributed by atoms with Gasteiger partial charge in [0.2, 0.25) is 0 Å². The van der Waals surface area contributed by atoms with E-state index in [2.05, 4.69) is 23.7 Å². The Bertz CT molecular complexity index is 3310. The average molecular weight is 1050 g/mol. The zero-order valence-corrected chi connectivity index (χ0v) is 45.9. The minimum atomic E-state index is -1.33. The van der Waals surface area contributed by atoms with E-state index in [1.807, 2.05) is 189 Å². The van der Waals surface area contributed by atoms with E-state index in [9.17, 15) is 30.0 Å². The predicted octanol–water partition coefficient (Wildman–Crippen LogP) is 15.3. The monoisotopic (exact) mass is 1050 g/mol. The first-order valence-electron chi connectivity index (χ1n) is 24.8. The summed E-state index contributed by atoms with van der Waals surface area (Å²) in [6.45, 7) is 18.2. The van der Waals surface area contributed by atoms with Crippen LogP contribution in [0.15, 0.2) is 158 Å². The van der Waals surface area contributed by atoms with Crippen LogP contribution in [0, 0.1) is 37.5 Å². The molecule has 0 aromatic heterocycles. The Morgan fingerprint density at radius 2 is 0.803 bits per heavy atom. The maximum absolute atomic E-state index is 12.5. The van der Waals surface area contributed by atoms with Gasteiger partial charge in [0.05, 0.1) is 11.2 Å². The van der Waals surface area contributed by atoms with Crippen molar-refractivity contribution in [3.05, 3.63) is 212 Å². The number of halogens is 2. The minimum absolute atomic E-state index is 0.586. The van der Waals surface area contributed by atoms with E-state index >= 15 is 0 Å². The lowest BCUT2D eigenvalue weighted by Crippen LogP contribution is -2.28. The molecule has 76 heavy (non-hydrogen) atoms. The highest BCUT2D eigenvalue weighted by Gasteiger charge is 2.33. The lowest BCUT2D eigenvalue weighted by molar-refractivity contribution is -0.161. The molecule has 0 fully saturated rings. The molecule has 0 bridgehead atoms. The third-order valence-corrected chi connectivity index (χ3v) is 13.0. The van der Waals surface area contributed by atoms with Gasteiger partial charge in [-0.2, -0.15) is 0 Å². The Hall–Kier alpha value is -7.24. The first kappa shape index (κ1) is 56.5. The van der Waals surface area contributed by atoms with Crippen molar-refractivity contribution in [2.75, 3.05) is 0 Å². The van der Waals surface area contributed by atoms with Gasteiger partial charge in [0.1, 0.15) is 11.2 Å². The van der Waals surface area contributed by atoms with Crippen molar-refractivity contribution in [1.82, 2.24) is 0 Å². The lowest BCUT2D eigenvalue weighted by Gasteiger charge is -2.28. The Kier molecular flexibility index (Phi) is 17.0. The fraction of sp³-hybridized carbons (Fsp3) is 0.242. The van der Waals surface area contributed by atoms with Crippen LogP contribution in [0.25, 0.3) is 43.8 Å². The topological polar surface area (TPSA) is 134 Å². The molecule has 8 nitrogen and oxygen atoms in total. The van der Waals surface area contributed by atoms with Crippen LogP contribution in [0.5, 0.6) is 0 Å². The fourth-order valence-electron chi connectivity index (χ4n) is 9.02. The maximum Gasteiger partial charge on any atom is 0.337 e. The molecule has 8 aromatic carbocycles. The number of aryl methyl sites for hydroxylation is 2. The number of carboxylic acid groups (broad SMARTS) is 2. The number of hydrogen-bond donors (Lipinski definition) is 4. The molecule has 4 atom stereocenters. The van der Waals surface area contributed by atoms with Gasteiger partial charge in [-0.15, -0.1) is 0 Å². The van der Waals surface area contributed by atoms with Crippen molar-refractivity contribution in [2.45, 2.75) is 104 Å². The first-order valence-corrected chi connectivity index (χ1v) is 25.6. The fourth-order valence-corrected chi connectivity index (χ4v) is 9.27. The second kappa shape index (κ2) is 22.9. The van der Waals surface area contributed by atoms with Crippen LogP contribution in [0.2, 0.25) is 10.0 Å². The van der Waals surface area contributed by atoms with Crippen LogP contribution in [-0.2, 0) is 30.3 Å². The minimum Gasteiger partial charge on any atom is -0.479 e. The van der Waals surface area contributed by atoms with Crippen LogP contribution in [0.4, 0.5) is 0 Å². The summed E-state index contributed by atoms with van der Waals surface area (Å²) in [6, 6.07) is 48.8. The van der Waals surface area contributed by atoms with Gasteiger partial charge in [-0.3, -0.25) is 0 Å². The largest absolute Gasteiger partial charge is 0.479 e. The number of carboxylic acids is 2. The Morgan fingerprint density at radius 1 is 0.474 bits per heavy atom. The third kappa shape index (κ3) is 13.8.